The molecule has 0 saturated heterocycles. The van der Waals surface area contributed by atoms with Crippen LogP contribution in [0, 0.1) is 13.8 Å². The lowest BCUT2D eigenvalue weighted by Gasteiger charge is -2.18. The first kappa shape index (κ1) is 23.8. The average molecular weight is 563 g/mol. The molecule has 0 saturated carbocycles. The van der Waals surface area contributed by atoms with Crippen molar-refractivity contribution in [1.82, 2.24) is 19.1 Å². The number of rotatable bonds is 2. The molecule has 6 aromatic carbocycles. The second-order valence-corrected chi connectivity index (χ2v) is 11.9. The lowest BCUT2D eigenvalue weighted by Crippen LogP contribution is -2.01. The van der Waals surface area contributed by atoms with Crippen LogP contribution in [0.4, 0.5) is 0 Å². The van der Waals surface area contributed by atoms with E-state index in [1.54, 1.807) is 0 Å². The van der Waals surface area contributed by atoms with Gasteiger partial charge in [0, 0.05) is 65.9 Å². The molecule has 44 heavy (non-hydrogen) atoms. The summed E-state index contributed by atoms with van der Waals surface area (Å²) in [5.41, 5.74) is 11.0. The minimum Gasteiger partial charge on any atom is -0.309 e. The third kappa shape index (κ3) is 3.02. The molecular weight excluding hydrogens is 536 g/mol. The molecule has 0 aliphatic heterocycles. The molecule has 0 unspecified atom stereocenters. The molecular formula is C40H26N4. The predicted molar refractivity (Wildman–Crippen MR) is 184 cm³/mol. The van der Waals surface area contributed by atoms with Gasteiger partial charge in [-0.2, -0.15) is 0 Å². The first-order chi connectivity index (χ1) is 21.7. The fraction of sp³-hybridized carbons (Fsp3) is 0.0500. The average Bonchev–Trinajstić information content (AvgIpc) is 3.57. The Morgan fingerprint density at radius 1 is 0.386 bits per heavy atom. The molecule has 0 atom stereocenters. The lowest BCUT2D eigenvalue weighted by molar-refractivity contribution is 1.17. The summed E-state index contributed by atoms with van der Waals surface area (Å²) in [5.74, 6) is 0. The number of pyridine rings is 2. The van der Waals surface area contributed by atoms with Gasteiger partial charge in [-0.3, -0.25) is 9.97 Å². The Bertz CT molecular complexity index is 2500. The Hall–Kier alpha value is -5.74. The van der Waals surface area contributed by atoms with Crippen LogP contribution in [-0.2, 0) is 0 Å². The molecule has 206 valence electrons. The van der Waals surface area contributed by atoms with Gasteiger partial charge >= 0.3 is 0 Å². The highest BCUT2D eigenvalue weighted by Crippen LogP contribution is 2.41. The van der Waals surface area contributed by atoms with Crippen molar-refractivity contribution < 1.29 is 0 Å². The van der Waals surface area contributed by atoms with E-state index in [1.807, 2.05) is 0 Å². The summed E-state index contributed by atoms with van der Waals surface area (Å²) in [4.78, 5) is 10.5. The Balaban J connectivity index is 1.29. The van der Waals surface area contributed by atoms with Crippen LogP contribution in [0.15, 0.2) is 121 Å². The minimum atomic E-state index is 1.00. The van der Waals surface area contributed by atoms with E-state index >= 15 is 0 Å². The van der Waals surface area contributed by atoms with Crippen molar-refractivity contribution in [2.45, 2.75) is 13.8 Å². The highest BCUT2D eigenvalue weighted by Gasteiger charge is 2.20. The number of hydrogen-bond donors (Lipinski definition) is 0. The first-order valence-electron chi connectivity index (χ1n) is 15.1. The number of aryl methyl sites for hydroxylation is 2. The quantitative estimate of drug-likeness (QED) is 0.197. The van der Waals surface area contributed by atoms with Gasteiger partial charge in [0.15, 0.2) is 0 Å². The zero-order valence-corrected chi connectivity index (χ0v) is 24.3. The van der Waals surface area contributed by atoms with Crippen LogP contribution in [0.3, 0.4) is 0 Å². The van der Waals surface area contributed by atoms with Gasteiger partial charge in [0.05, 0.1) is 33.1 Å². The van der Waals surface area contributed by atoms with E-state index in [9.17, 15) is 0 Å². The number of nitrogens with zero attached hydrogens (tertiary/aromatic N) is 4. The SMILES string of the molecule is Cc1nc2cc(-n3c4ccccc4c4ccccc43)cc3c(C)nc4cc(-n5c6ccccc6c6ccccc65)cc1c4c23. The second-order valence-electron chi connectivity index (χ2n) is 11.9. The Morgan fingerprint density at radius 3 is 1.05 bits per heavy atom. The Kier molecular flexibility index (Phi) is 4.55. The molecule has 4 aromatic heterocycles. The van der Waals surface area contributed by atoms with Crippen LogP contribution in [0.2, 0.25) is 0 Å². The van der Waals surface area contributed by atoms with Gasteiger partial charge in [-0.1, -0.05) is 72.8 Å². The summed E-state index contributed by atoms with van der Waals surface area (Å²) < 4.78 is 4.74. The van der Waals surface area contributed by atoms with Crippen molar-refractivity contribution in [3.63, 3.8) is 0 Å². The van der Waals surface area contributed by atoms with Crippen molar-refractivity contribution in [2.24, 2.45) is 0 Å². The summed E-state index contributed by atoms with van der Waals surface area (Å²) >= 11 is 0. The van der Waals surface area contributed by atoms with Crippen LogP contribution in [0.1, 0.15) is 11.4 Å². The zero-order valence-electron chi connectivity index (χ0n) is 24.3. The summed E-state index contributed by atoms with van der Waals surface area (Å²) in [7, 11) is 0. The molecule has 10 aromatic rings. The van der Waals surface area contributed by atoms with Crippen molar-refractivity contribution in [1.29, 1.82) is 0 Å². The molecule has 0 aliphatic carbocycles. The van der Waals surface area contributed by atoms with Crippen LogP contribution in [0.25, 0.3) is 87.6 Å². The molecule has 0 fully saturated rings. The van der Waals surface area contributed by atoms with Gasteiger partial charge < -0.3 is 9.13 Å². The molecule has 0 aliphatic rings. The molecule has 4 heteroatoms. The summed E-state index contributed by atoms with van der Waals surface area (Å²) in [6.07, 6.45) is 0. The fourth-order valence-corrected chi connectivity index (χ4v) is 7.64. The summed E-state index contributed by atoms with van der Waals surface area (Å²) in [6, 6.07) is 43.7. The van der Waals surface area contributed by atoms with E-state index < -0.39 is 0 Å². The number of benzene rings is 6. The Labute approximate surface area is 252 Å². The summed E-state index contributed by atoms with van der Waals surface area (Å²) in [6.45, 7) is 4.26. The lowest BCUT2D eigenvalue weighted by atomic mass is 9.96. The van der Waals surface area contributed by atoms with E-state index in [0.29, 0.717) is 0 Å². The van der Waals surface area contributed by atoms with Gasteiger partial charge in [0.25, 0.3) is 0 Å². The number of para-hydroxylation sites is 4. The molecule has 0 spiro atoms. The molecule has 0 amide bonds. The highest BCUT2D eigenvalue weighted by molar-refractivity contribution is 6.23. The third-order valence-electron chi connectivity index (χ3n) is 9.49. The standard InChI is InChI=1S/C40H26N4/c1-23-31-19-25(43-35-15-7-3-11-27(35)28-12-4-8-16-36(28)43)22-34-39(31)40-32(24(2)42-34)20-26(21-33(40)41-23)44-37-17-9-5-13-29(37)30-14-6-10-18-38(30)44/h3-22H,1-2H3. The van der Waals surface area contributed by atoms with E-state index in [2.05, 4.69) is 144 Å². The predicted octanol–water partition coefficient (Wildman–Crippen LogP) is 10.2. The molecule has 4 nitrogen and oxygen atoms in total. The zero-order chi connectivity index (χ0) is 29.1. The third-order valence-corrected chi connectivity index (χ3v) is 9.49. The van der Waals surface area contributed by atoms with Gasteiger partial charge in [0.2, 0.25) is 0 Å². The molecule has 0 bridgehead atoms. The maximum absolute atomic E-state index is 5.27. The smallest absolute Gasteiger partial charge is 0.0740 e. The molecule has 0 N–H and O–H groups in total. The highest BCUT2D eigenvalue weighted by atomic mass is 15.0. The molecule has 10 rings (SSSR count). The second kappa shape index (κ2) is 8.42. The number of hydrogen-bond acceptors (Lipinski definition) is 2. The topological polar surface area (TPSA) is 35.6 Å². The van der Waals surface area contributed by atoms with Crippen molar-refractivity contribution >= 4 is 76.2 Å². The number of fused-ring (bicyclic) bond motifs is 6. The summed E-state index contributed by atoms with van der Waals surface area (Å²) in [5, 5.41) is 9.68. The van der Waals surface area contributed by atoms with Crippen LogP contribution < -0.4 is 0 Å². The van der Waals surface area contributed by atoms with Crippen LogP contribution in [0.5, 0.6) is 0 Å². The van der Waals surface area contributed by atoms with E-state index in [0.717, 1.165) is 44.6 Å². The van der Waals surface area contributed by atoms with Gasteiger partial charge in [-0.25, -0.2) is 0 Å². The maximum Gasteiger partial charge on any atom is 0.0740 e. The van der Waals surface area contributed by atoms with Gasteiger partial charge in [0.1, 0.15) is 0 Å². The van der Waals surface area contributed by atoms with E-state index in [-0.39, 0.29) is 0 Å². The van der Waals surface area contributed by atoms with E-state index in [1.165, 1.54) is 54.4 Å². The maximum atomic E-state index is 5.27. The normalized spacial score (nSPS) is 12.3. The fourth-order valence-electron chi connectivity index (χ4n) is 7.64. The van der Waals surface area contributed by atoms with Crippen molar-refractivity contribution in [3.05, 3.63) is 133 Å². The van der Waals surface area contributed by atoms with Crippen LogP contribution in [-0.4, -0.2) is 19.1 Å². The minimum absolute atomic E-state index is 1.00. The Morgan fingerprint density at radius 2 is 0.705 bits per heavy atom. The van der Waals surface area contributed by atoms with Crippen molar-refractivity contribution in [2.75, 3.05) is 0 Å². The van der Waals surface area contributed by atoms with Gasteiger partial charge in [-0.15, -0.1) is 0 Å². The number of aromatic nitrogens is 4. The largest absolute Gasteiger partial charge is 0.309 e. The molecule has 4 heterocycles. The van der Waals surface area contributed by atoms with E-state index in [4.69, 9.17) is 9.97 Å². The molecule has 0 radical (unpaired) electrons. The van der Waals surface area contributed by atoms with Crippen LogP contribution >= 0.6 is 0 Å². The monoisotopic (exact) mass is 562 g/mol. The van der Waals surface area contributed by atoms with Gasteiger partial charge in [-0.05, 0) is 62.4 Å². The van der Waals surface area contributed by atoms with Crippen molar-refractivity contribution in [3.8, 4) is 11.4 Å². The first-order valence-corrected chi connectivity index (χ1v) is 15.1.